The summed E-state index contributed by atoms with van der Waals surface area (Å²) in [6.07, 6.45) is 3.28. The van der Waals surface area contributed by atoms with E-state index in [0.29, 0.717) is 0 Å². The number of Topliss-reactive ketones (excluding diaryl/α,β-unsaturated/α-hetero) is 1. The van der Waals surface area contributed by atoms with Gasteiger partial charge in [-0.15, -0.1) is 0 Å². The Morgan fingerprint density at radius 2 is 1.89 bits per heavy atom. The number of carbonyl (C=O) groups excluding carboxylic acids is 1. The number of rotatable bonds is 2. The average molecular weight is 242 g/mol. The van der Waals surface area contributed by atoms with Gasteiger partial charge >= 0.3 is 0 Å². The van der Waals surface area contributed by atoms with Crippen molar-refractivity contribution in [2.24, 2.45) is 11.3 Å². The van der Waals surface area contributed by atoms with E-state index in [1.165, 1.54) is 16.7 Å². The summed E-state index contributed by atoms with van der Waals surface area (Å²) in [4.78, 5) is 12.0. The van der Waals surface area contributed by atoms with Crippen LogP contribution in [-0.2, 0) is 6.42 Å². The molecule has 0 fully saturated rings. The van der Waals surface area contributed by atoms with Crippen LogP contribution in [0.15, 0.2) is 23.8 Å². The molecule has 2 rings (SSSR count). The van der Waals surface area contributed by atoms with E-state index < -0.39 is 0 Å². The summed E-state index contributed by atoms with van der Waals surface area (Å²) in [5.74, 6) is 0.297. The maximum absolute atomic E-state index is 12.0. The molecule has 1 heteroatoms. The summed E-state index contributed by atoms with van der Waals surface area (Å²) in [6, 6.07) is 6.14. The second kappa shape index (κ2) is 4.38. The molecule has 0 aliphatic heterocycles. The third-order valence-corrected chi connectivity index (χ3v) is 3.63. The number of carbonyl (C=O) groups is 1. The van der Waals surface area contributed by atoms with E-state index in [4.69, 9.17) is 0 Å². The smallest absolute Gasteiger partial charge is 0.165 e. The van der Waals surface area contributed by atoms with Crippen molar-refractivity contribution in [1.29, 1.82) is 0 Å². The molecule has 0 bridgehead atoms. The number of hydrogen-bond donors (Lipinski definition) is 0. The van der Waals surface area contributed by atoms with E-state index >= 15 is 0 Å². The van der Waals surface area contributed by atoms with E-state index in [1.54, 1.807) is 0 Å². The molecule has 1 aromatic carbocycles. The van der Waals surface area contributed by atoms with Gasteiger partial charge in [0, 0.05) is 11.5 Å². The number of hydrogen-bond acceptors (Lipinski definition) is 1. The van der Waals surface area contributed by atoms with Gasteiger partial charge in [-0.05, 0) is 29.0 Å². The molecule has 0 amide bonds. The molecule has 1 aliphatic rings. The first-order valence-corrected chi connectivity index (χ1v) is 6.67. The lowest BCUT2D eigenvalue weighted by atomic mass is 9.85. The van der Waals surface area contributed by atoms with Gasteiger partial charge in [0.25, 0.3) is 0 Å². The number of benzene rings is 1. The Kier molecular flexibility index (Phi) is 3.18. The largest absolute Gasteiger partial charge is 0.294 e. The molecule has 1 aliphatic carbocycles. The summed E-state index contributed by atoms with van der Waals surface area (Å²) < 4.78 is 0. The summed E-state index contributed by atoms with van der Waals surface area (Å²) in [7, 11) is 0. The molecule has 1 nitrogen and oxygen atoms in total. The van der Waals surface area contributed by atoms with Crippen LogP contribution in [0.2, 0.25) is 0 Å². The molecule has 0 aromatic heterocycles. The first kappa shape index (κ1) is 13.1. The molecule has 1 aromatic rings. The van der Waals surface area contributed by atoms with Crippen molar-refractivity contribution < 1.29 is 4.79 Å². The second-order valence-corrected chi connectivity index (χ2v) is 6.53. The minimum atomic E-state index is 0.0653. The van der Waals surface area contributed by atoms with Crippen LogP contribution in [0.25, 0.3) is 6.08 Å². The van der Waals surface area contributed by atoms with Crippen LogP contribution in [0.4, 0.5) is 0 Å². The minimum Gasteiger partial charge on any atom is -0.294 e. The number of allylic oxidation sites excluding steroid dienone is 1. The molecule has 0 unspecified atom stereocenters. The van der Waals surface area contributed by atoms with Gasteiger partial charge in [-0.1, -0.05) is 58.4 Å². The van der Waals surface area contributed by atoms with Gasteiger partial charge in [0.1, 0.15) is 0 Å². The number of fused-ring (bicyclic) bond motifs is 1. The first-order valence-electron chi connectivity index (χ1n) is 6.67. The van der Waals surface area contributed by atoms with Gasteiger partial charge in [-0.2, -0.15) is 0 Å². The Hall–Kier alpha value is -1.37. The topological polar surface area (TPSA) is 17.1 Å². The van der Waals surface area contributed by atoms with Crippen LogP contribution in [-0.4, -0.2) is 5.78 Å². The van der Waals surface area contributed by atoms with Gasteiger partial charge in [0.05, 0.1) is 0 Å². The Morgan fingerprint density at radius 1 is 1.22 bits per heavy atom. The highest BCUT2D eigenvalue weighted by Crippen LogP contribution is 2.36. The van der Waals surface area contributed by atoms with Crippen molar-refractivity contribution in [1.82, 2.24) is 0 Å². The van der Waals surface area contributed by atoms with Crippen LogP contribution in [0.3, 0.4) is 0 Å². The van der Waals surface area contributed by atoms with Crippen LogP contribution < -0.4 is 0 Å². The lowest BCUT2D eigenvalue weighted by Crippen LogP contribution is -2.09. The quantitative estimate of drug-likeness (QED) is 0.697. The third kappa shape index (κ3) is 2.40. The van der Waals surface area contributed by atoms with Gasteiger partial charge < -0.3 is 0 Å². The molecule has 0 N–H and O–H groups in total. The molecule has 96 valence electrons. The SMILES string of the molecule is CC(C)C(=O)c1ccc2c(c1)C=C(C(C)(C)C)C2. The highest BCUT2D eigenvalue weighted by molar-refractivity contribution is 5.98. The standard InChI is InChI=1S/C17H22O/c1-11(2)16(18)13-7-6-12-9-15(17(3,4)5)10-14(12)8-13/h6-8,10-11H,9H2,1-5H3. The Bertz CT molecular complexity index is 513. The zero-order valence-corrected chi connectivity index (χ0v) is 12.0. The Morgan fingerprint density at radius 3 is 2.44 bits per heavy atom. The summed E-state index contributed by atoms with van der Waals surface area (Å²) in [6.45, 7) is 10.6. The summed E-state index contributed by atoms with van der Waals surface area (Å²) in [5.41, 5.74) is 5.08. The van der Waals surface area contributed by atoms with Crippen molar-refractivity contribution >= 4 is 11.9 Å². The summed E-state index contributed by atoms with van der Waals surface area (Å²) in [5, 5.41) is 0. The molecular weight excluding hydrogens is 220 g/mol. The second-order valence-electron chi connectivity index (χ2n) is 6.53. The van der Waals surface area contributed by atoms with E-state index in [-0.39, 0.29) is 17.1 Å². The van der Waals surface area contributed by atoms with Crippen LogP contribution in [0.1, 0.15) is 56.1 Å². The highest BCUT2D eigenvalue weighted by Gasteiger charge is 2.23. The molecule has 0 radical (unpaired) electrons. The van der Waals surface area contributed by atoms with Crippen molar-refractivity contribution in [3.63, 3.8) is 0 Å². The van der Waals surface area contributed by atoms with E-state index in [9.17, 15) is 4.79 Å². The van der Waals surface area contributed by atoms with Gasteiger partial charge in [-0.3, -0.25) is 4.79 Å². The average Bonchev–Trinajstić information content (AvgIpc) is 2.69. The van der Waals surface area contributed by atoms with Gasteiger partial charge in [-0.25, -0.2) is 0 Å². The zero-order valence-electron chi connectivity index (χ0n) is 12.0. The lowest BCUT2D eigenvalue weighted by molar-refractivity contribution is 0.0939. The van der Waals surface area contributed by atoms with E-state index in [0.717, 1.165) is 12.0 Å². The van der Waals surface area contributed by atoms with Crippen molar-refractivity contribution in [3.05, 3.63) is 40.5 Å². The molecule has 0 heterocycles. The third-order valence-electron chi connectivity index (χ3n) is 3.63. The van der Waals surface area contributed by atoms with E-state index in [2.05, 4.69) is 39.0 Å². The predicted molar refractivity (Wildman–Crippen MR) is 76.7 cm³/mol. The maximum atomic E-state index is 12.0. The number of ketones is 1. The molecule has 0 saturated heterocycles. The van der Waals surface area contributed by atoms with Crippen LogP contribution in [0, 0.1) is 11.3 Å². The first-order chi connectivity index (χ1) is 8.29. The van der Waals surface area contributed by atoms with Crippen molar-refractivity contribution in [3.8, 4) is 0 Å². The molecule has 0 saturated carbocycles. The normalized spacial score (nSPS) is 14.7. The zero-order chi connectivity index (χ0) is 13.5. The Balaban J connectivity index is 2.35. The lowest BCUT2D eigenvalue weighted by Gasteiger charge is -2.19. The van der Waals surface area contributed by atoms with Crippen LogP contribution >= 0.6 is 0 Å². The fourth-order valence-corrected chi connectivity index (χ4v) is 2.30. The van der Waals surface area contributed by atoms with Gasteiger partial charge in [0.15, 0.2) is 5.78 Å². The molecular formula is C17H22O. The minimum absolute atomic E-state index is 0.0653. The van der Waals surface area contributed by atoms with E-state index in [1.807, 2.05) is 19.9 Å². The van der Waals surface area contributed by atoms with Crippen molar-refractivity contribution in [2.45, 2.75) is 41.0 Å². The summed E-state index contributed by atoms with van der Waals surface area (Å²) >= 11 is 0. The molecule has 0 atom stereocenters. The highest BCUT2D eigenvalue weighted by atomic mass is 16.1. The monoisotopic (exact) mass is 242 g/mol. The van der Waals surface area contributed by atoms with Gasteiger partial charge in [0.2, 0.25) is 0 Å². The molecule has 18 heavy (non-hydrogen) atoms. The fraction of sp³-hybridized carbons (Fsp3) is 0.471. The predicted octanol–water partition coefficient (Wildman–Crippen LogP) is 4.51. The van der Waals surface area contributed by atoms with Crippen molar-refractivity contribution in [2.75, 3.05) is 0 Å². The maximum Gasteiger partial charge on any atom is 0.165 e. The molecule has 0 spiro atoms. The van der Waals surface area contributed by atoms with Crippen LogP contribution in [0.5, 0.6) is 0 Å². The Labute approximate surface area is 110 Å². The fourth-order valence-electron chi connectivity index (χ4n) is 2.30.